The number of amides is 1. The number of carbonyl (C=O) groups excluding carboxylic acids is 1. The average molecular weight is 422 g/mol. The molecule has 148 valence electrons. The number of aromatic amines is 1. The lowest BCUT2D eigenvalue weighted by Gasteiger charge is -2.19. The quantitative estimate of drug-likeness (QED) is 0.526. The fourth-order valence-electron chi connectivity index (χ4n) is 2.94. The molecule has 0 atom stereocenters. The molecule has 0 aliphatic heterocycles. The van der Waals surface area contributed by atoms with Crippen LogP contribution in [0.3, 0.4) is 0 Å². The molecule has 0 spiro atoms. The number of anilines is 1. The second-order valence-electron chi connectivity index (χ2n) is 6.08. The van der Waals surface area contributed by atoms with E-state index in [0.29, 0.717) is 24.0 Å². The van der Waals surface area contributed by atoms with Gasteiger partial charge in [0.25, 0.3) is 5.91 Å². The molecule has 3 N–H and O–H groups in total. The lowest BCUT2D eigenvalue weighted by molar-refractivity contribution is 0.102. The number of fused-ring (bicyclic) bond motifs is 1. The van der Waals surface area contributed by atoms with Crippen LogP contribution in [0.5, 0.6) is 5.75 Å². The van der Waals surface area contributed by atoms with Crippen molar-refractivity contribution in [3.8, 4) is 5.75 Å². The van der Waals surface area contributed by atoms with Gasteiger partial charge in [0.15, 0.2) is 0 Å². The minimum Gasteiger partial charge on any atom is -0.506 e. The van der Waals surface area contributed by atoms with Crippen molar-refractivity contribution in [1.82, 2.24) is 9.29 Å². The topological polar surface area (TPSA) is 102 Å². The van der Waals surface area contributed by atoms with E-state index in [0.717, 1.165) is 0 Å². The Morgan fingerprint density at radius 3 is 2.50 bits per heavy atom. The number of phenolic OH excluding ortho intramolecular Hbond substituents is 1. The number of benzene rings is 2. The van der Waals surface area contributed by atoms with Crippen LogP contribution in [0.4, 0.5) is 5.69 Å². The third-order valence-electron chi connectivity index (χ3n) is 4.43. The Labute approximate surface area is 168 Å². The van der Waals surface area contributed by atoms with Crippen molar-refractivity contribution in [2.24, 2.45) is 0 Å². The molecule has 28 heavy (non-hydrogen) atoms. The first-order chi connectivity index (χ1) is 13.3. The number of para-hydroxylation sites is 1. The molecular weight excluding hydrogens is 402 g/mol. The molecule has 9 heteroatoms. The third kappa shape index (κ3) is 3.58. The minimum atomic E-state index is -3.73. The number of nitrogens with one attached hydrogen (secondary N) is 2. The first kappa shape index (κ1) is 20.2. The zero-order valence-corrected chi connectivity index (χ0v) is 16.9. The number of sulfonamides is 1. The number of nitrogens with zero attached hydrogens (tertiary/aromatic N) is 1. The average Bonchev–Trinajstić information content (AvgIpc) is 3.01. The van der Waals surface area contributed by atoms with E-state index >= 15 is 0 Å². The summed E-state index contributed by atoms with van der Waals surface area (Å²) in [5.41, 5.74) is 0.798. The van der Waals surface area contributed by atoms with Crippen LogP contribution in [0.15, 0.2) is 47.4 Å². The van der Waals surface area contributed by atoms with Gasteiger partial charge in [-0.15, -0.1) is 0 Å². The first-order valence-corrected chi connectivity index (χ1v) is 10.5. The van der Waals surface area contributed by atoms with Gasteiger partial charge in [0, 0.05) is 24.0 Å². The van der Waals surface area contributed by atoms with Crippen molar-refractivity contribution in [2.45, 2.75) is 18.7 Å². The summed E-state index contributed by atoms with van der Waals surface area (Å²) < 4.78 is 26.7. The second kappa shape index (κ2) is 7.83. The number of hydrogen-bond donors (Lipinski definition) is 3. The first-order valence-electron chi connectivity index (χ1n) is 8.70. The molecule has 0 aliphatic rings. The van der Waals surface area contributed by atoms with Gasteiger partial charge in [-0.1, -0.05) is 43.6 Å². The zero-order chi connectivity index (χ0) is 20.5. The van der Waals surface area contributed by atoms with E-state index in [1.807, 2.05) is 6.07 Å². The number of carbonyl (C=O) groups is 1. The monoisotopic (exact) mass is 421 g/mol. The smallest absolute Gasteiger partial charge is 0.273 e. The highest BCUT2D eigenvalue weighted by Gasteiger charge is 2.24. The Morgan fingerprint density at radius 1 is 1.18 bits per heavy atom. The lowest BCUT2D eigenvalue weighted by Crippen LogP contribution is -2.30. The van der Waals surface area contributed by atoms with Gasteiger partial charge in [0.05, 0.1) is 15.6 Å². The van der Waals surface area contributed by atoms with E-state index in [1.165, 1.54) is 22.5 Å². The SMILES string of the molecule is CCN(CC)S(=O)(=O)c1ccc(O)c(NC(=O)c2[nH]c3ccccc3c2Cl)c1. The summed E-state index contributed by atoms with van der Waals surface area (Å²) in [5, 5.41) is 13.6. The molecule has 1 aromatic heterocycles. The molecule has 0 radical (unpaired) electrons. The number of hydrogen-bond acceptors (Lipinski definition) is 4. The van der Waals surface area contributed by atoms with Crippen LogP contribution in [-0.4, -0.2) is 41.8 Å². The summed E-state index contributed by atoms with van der Waals surface area (Å²) in [6.07, 6.45) is 0. The van der Waals surface area contributed by atoms with E-state index in [9.17, 15) is 18.3 Å². The molecule has 0 aliphatic carbocycles. The van der Waals surface area contributed by atoms with E-state index < -0.39 is 15.9 Å². The van der Waals surface area contributed by atoms with Crippen molar-refractivity contribution >= 4 is 44.1 Å². The number of phenols is 1. The molecule has 1 heterocycles. The number of rotatable bonds is 6. The van der Waals surface area contributed by atoms with Crippen LogP contribution >= 0.6 is 11.6 Å². The molecule has 2 aromatic carbocycles. The van der Waals surface area contributed by atoms with Gasteiger partial charge < -0.3 is 15.4 Å². The molecule has 0 saturated heterocycles. The number of aromatic hydroxyl groups is 1. The van der Waals surface area contributed by atoms with Gasteiger partial charge in [0.2, 0.25) is 10.0 Å². The van der Waals surface area contributed by atoms with E-state index in [4.69, 9.17) is 11.6 Å². The maximum Gasteiger partial charge on any atom is 0.273 e. The van der Waals surface area contributed by atoms with Gasteiger partial charge >= 0.3 is 0 Å². The largest absolute Gasteiger partial charge is 0.506 e. The molecule has 0 saturated carbocycles. The minimum absolute atomic E-state index is 0.0204. The van der Waals surface area contributed by atoms with E-state index in [2.05, 4.69) is 10.3 Å². The van der Waals surface area contributed by atoms with Crippen molar-refractivity contribution in [3.63, 3.8) is 0 Å². The summed E-state index contributed by atoms with van der Waals surface area (Å²) in [6, 6.07) is 10.9. The van der Waals surface area contributed by atoms with Crippen molar-refractivity contribution in [1.29, 1.82) is 0 Å². The van der Waals surface area contributed by atoms with Crippen LogP contribution < -0.4 is 5.32 Å². The van der Waals surface area contributed by atoms with E-state index in [1.54, 1.807) is 32.0 Å². The Kier molecular flexibility index (Phi) is 5.64. The van der Waals surface area contributed by atoms with E-state index in [-0.39, 0.29) is 27.0 Å². The van der Waals surface area contributed by atoms with Crippen LogP contribution in [0.1, 0.15) is 24.3 Å². The van der Waals surface area contributed by atoms with Crippen molar-refractivity contribution in [3.05, 3.63) is 53.2 Å². The van der Waals surface area contributed by atoms with Gasteiger partial charge in [-0.3, -0.25) is 4.79 Å². The number of H-pyrrole nitrogens is 1. The highest BCUT2D eigenvalue weighted by atomic mass is 35.5. The van der Waals surface area contributed by atoms with Crippen LogP contribution in [0.2, 0.25) is 5.02 Å². The zero-order valence-electron chi connectivity index (χ0n) is 15.4. The van der Waals surface area contributed by atoms with Gasteiger partial charge in [-0.05, 0) is 24.3 Å². The van der Waals surface area contributed by atoms with Crippen LogP contribution in [0, 0.1) is 0 Å². The molecular formula is C19H20ClN3O4S. The maximum atomic E-state index is 12.7. The highest BCUT2D eigenvalue weighted by molar-refractivity contribution is 7.89. The second-order valence-corrected chi connectivity index (χ2v) is 8.40. The molecule has 3 rings (SSSR count). The Morgan fingerprint density at radius 2 is 1.86 bits per heavy atom. The van der Waals surface area contributed by atoms with Crippen LogP contribution in [-0.2, 0) is 10.0 Å². The Bertz CT molecular complexity index is 1140. The molecule has 0 fully saturated rings. The van der Waals surface area contributed by atoms with Gasteiger partial charge in [-0.2, -0.15) is 4.31 Å². The van der Waals surface area contributed by atoms with Gasteiger partial charge in [0.1, 0.15) is 11.4 Å². The fourth-order valence-corrected chi connectivity index (χ4v) is 4.72. The molecule has 7 nitrogen and oxygen atoms in total. The molecule has 0 bridgehead atoms. The Balaban J connectivity index is 1.96. The highest BCUT2D eigenvalue weighted by Crippen LogP contribution is 2.31. The number of halogens is 1. The van der Waals surface area contributed by atoms with Crippen LogP contribution in [0.25, 0.3) is 10.9 Å². The molecule has 1 amide bonds. The predicted octanol–water partition coefficient (Wildman–Crippen LogP) is 3.81. The van der Waals surface area contributed by atoms with Gasteiger partial charge in [-0.25, -0.2) is 8.42 Å². The lowest BCUT2D eigenvalue weighted by atomic mass is 10.2. The Hall–Kier alpha value is -2.55. The standard InChI is InChI=1S/C19H20ClN3O4S/c1-3-23(4-2)28(26,27)12-9-10-16(24)15(11-12)22-19(25)18-17(20)13-7-5-6-8-14(13)21-18/h5-11,21,24H,3-4H2,1-2H3,(H,22,25). The summed E-state index contributed by atoms with van der Waals surface area (Å²) in [4.78, 5) is 15.6. The summed E-state index contributed by atoms with van der Waals surface area (Å²) in [7, 11) is -3.73. The van der Waals surface area contributed by atoms with Crippen molar-refractivity contribution in [2.75, 3.05) is 18.4 Å². The third-order valence-corrected chi connectivity index (χ3v) is 6.87. The van der Waals surface area contributed by atoms with Crippen molar-refractivity contribution < 1.29 is 18.3 Å². The molecule has 3 aromatic rings. The number of aromatic nitrogens is 1. The summed E-state index contributed by atoms with van der Waals surface area (Å²) in [5.74, 6) is -0.840. The summed E-state index contributed by atoms with van der Waals surface area (Å²) >= 11 is 6.28. The maximum absolute atomic E-state index is 12.7. The summed E-state index contributed by atoms with van der Waals surface area (Å²) in [6.45, 7) is 4.10. The predicted molar refractivity (Wildman–Crippen MR) is 109 cm³/mol. The normalized spacial score (nSPS) is 11.9. The fraction of sp³-hybridized carbons (Fsp3) is 0.211. The molecule has 0 unspecified atom stereocenters.